The number of ether oxygens (including phenoxy) is 1. The number of aromatic nitrogens is 1. The monoisotopic (exact) mass is 428 g/mol. The van der Waals surface area contributed by atoms with Gasteiger partial charge < -0.3 is 9.84 Å². The Morgan fingerprint density at radius 1 is 1.31 bits per heavy atom. The molecule has 3 aromatic rings. The molecule has 26 heavy (non-hydrogen) atoms. The van der Waals surface area contributed by atoms with Crippen LogP contribution in [0.25, 0.3) is 4.85 Å². The number of nitrogens with one attached hydrogen (secondary N) is 1. The molecule has 0 fully saturated rings. The van der Waals surface area contributed by atoms with Gasteiger partial charge in [-0.2, -0.15) is 0 Å². The molecule has 1 atom stereocenters. The van der Waals surface area contributed by atoms with E-state index < -0.39 is 0 Å². The zero-order chi connectivity index (χ0) is 18.3. The highest BCUT2D eigenvalue weighted by atomic mass is 79.9. The SMILES string of the molecule is [C-]#[N+]c1ccc(Oc2ccc3c(c2)CC[C@H]3c2sc(=O)[nH]c2O)c(Br)c1. The Balaban J connectivity index is 1.62. The number of fused-ring (bicyclic) bond motifs is 1. The third-order valence-electron chi connectivity index (χ3n) is 4.44. The summed E-state index contributed by atoms with van der Waals surface area (Å²) < 4.78 is 6.68. The molecule has 1 heterocycles. The first-order valence-electron chi connectivity index (χ1n) is 7.95. The van der Waals surface area contributed by atoms with Gasteiger partial charge in [-0.3, -0.25) is 9.78 Å². The van der Waals surface area contributed by atoms with E-state index in [2.05, 4.69) is 25.8 Å². The minimum absolute atomic E-state index is 0.0259. The van der Waals surface area contributed by atoms with Gasteiger partial charge in [0.2, 0.25) is 5.88 Å². The van der Waals surface area contributed by atoms with E-state index >= 15 is 0 Å². The third-order valence-corrected chi connectivity index (χ3v) is 6.04. The number of hydrogen-bond donors (Lipinski definition) is 2. The molecule has 7 heteroatoms. The molecule has 0 aliphatic heterocycles. The van der Waals surface area contributed by atoms with Crippen molar-refractivity contribution in [1.82, 2.24) is 4.98 Å². The summed E-state index contributed by atoms with van der Waals surface area (Å²) in [4.78, 5) is 17.8. The molecule has 2 N–H and O–H groups in total. The smallest absolute Gasteiger partial charge is 0.307 e. The molecule has 0 amide bonds. The van der Waals surface area contributed by atoms with Crippen molar-refractivity contribution in [3.05, 3.63) is 78.0 Å². The van der Waals surface area contributed by atoms with Crippen LogP contribution in [-0.2, 0) is 6.42 Å². The third kappa shape index (κ3) is 3.02. The lowest BCUT2D eigenvalue weighted by molar-refractivity contribution is 0.447. The lowest BCUT2D eigenvalue weighted by Gasteiger charge is -2.12. The van der Waals surface area contributed by atoms with Crippen LogP contribution in [0.5, 0.6) is 17.4 Å². The summed E-state index contributed by atoms with van der Waals surface area (Å²) in [5.41, 5.74) is 2.82. The van der Waals surface area contributed by atoms with Crippen molar-refractivity contribution in [2.75, 3.05) is 0 Å². The van der Waals surface area contributed by atoms with Gasteiger partial charge in [0.05, 0.1) is 11.4 Å². The van der Waals surface area contributed by atoms with Gasteiger partial charge in [-0.05, 0) is 64.2 Å². The average molecular weight is 429 g/mol. The first-order valence-corrected chi connectivity index (χ1v) is 9.56. The predicted octanol–water partition coefficient (Wildman–Crippen LogP) is 5.33. The number of hydrogen-bond acceptors (Lipinski definition) is 4. The molecule has 0 unspecified atom stereocenters. The zero-order valence-electron chi connectivity index (χ0n) is 13.5. The Kier molecular flexibility index (Phi) is 4.31. The zero-order valence-corrected chi connectivity index (χ0v) is 15.9. The van der Waals surface area contributed by atoms with Gasteiger partial charge in [0.15, 0.2) is 5.69 Å². The van der Waals surface area contributed by atoms with E-state index in [0.29, 0.717) is 22.1 Å². The molecule has 0 radical (unpaired) electrons. The maximum atomic E-state index is 11.5. The molecule has 0 spiro atoms. The molecule has 0 bridgehead atoms. The minimum atomic E-state index is -0.237. The maximum absolute atomic E-state index is 11.5. The van der Waals surface area contributed by atoms with Crippen LogP contribution in [0.15, 0.2) is 45.7 Å². The van der Waals surface area contributed by atoms with Gasteiger partial charge in [-0.15, -0.1) is 0 Å². The molecule has 130 valence electrons. The molecule has 1 aliphatic carbocycles. The van der Waals surface area contributed by atoms with Crippen LogP contribution < -0.4 is 9.61 Å². The van der Waals surface area contributed by atoms with Crippen LogP contribution in [0.3, 0.4) is 0 Å². The molecule has 4 rings (SSSR count). The first-order chi connectivity index (χ1) is 12.5. The van der Waals surface area contributed by atoms with Crippen LogP contribution in [0, 0.1) is 6.57 Å². The van der Waals surface area contributed by atoms with Crippen molar-refractivity contribution in [2.45, 2.75) is 18.8 Å². The first kappa shape index (κ1) is 16.9. The number of halogens is 1. The van der Waals surface area contributed by atoms with E-state index in [1.54, 1.807) is 18.2 Å². The van der Waals surface area contributed by atoms with Crippen molar-refractivity contribution in [2.24, 2.45) is 0 Å². The summed E-state index contributed by atoms with van der Waals surface area (Å²) in [6.45, 7) is 7.05. The molecular formula is C19H13BrN2O3S. The molecule has 0 saturated carbocycles. The lowest BCUT2D eigenvalue weighted by Crippen LogP contribution is -1.94. The topological polar surface area (TPSA) is 66.7 Å². The summed E-state index contributed by atoms with van der Waals surface area (Å²) >= 11 is 4.50. The fourth-order valence-corrected chi connectivity index (χ4v) is 4.60. The number of rotatable bonds is 3. The Morgan fingerprint density at radius 3 is 2.85 bits per heavy atom. The van der Waals surface area contributed by atoms with Crippen LogP contribution >= 0.6 is 27.3 Å². The standard InChI is InChI=1S/C19H13BrN2O3S/c1-21-11-3-7-16(15(20)9-11)25-12-4-6-13-10(8-12)2-5-14(13)17-18(23)22-19(24)26-17/h3-4,6-9,14,23H,2,5H2,(H,22,24)/t14-/m1/s1. The molecule has 2 aromatic carbocycles. The number of H-pyrrole nitrogens is 1. The van der Waals surface area contributed by atoms with E-state index in [4.69, 9.17) is 11.3 Å². The fraction of sp³-hybridized carbons (Fsp3) is 0.158. The van der Waals surface area contributed by atoms with Crippen molar-refractivity contribution in [3.8, 4) is 17.4 Å². The molecule has 1 aliphatic rings. The summed E-state index contributed by atoms with van der Waals surface area (Å²) in [5, 5.41) is 9.94. The van der Waals surface area contributed by atoms with Crippen LogP contribution in [0.4, 0.5) is 5.69 Å². The van der Waals surface area contributed by atoms with Gasteiger partial charge in [0.25, 0.3) is 0 Å². The van der Waals surface area contributed by atoms with Gasteiger partial charge in [0, 0.05) is 10.4 Å². The van der Waals surface area contributed by atoms with Crippen molar-refractivity contribution < 1.29 is 9.84 Å². The van der Waals surface area contributed by atoms with Crippen molar-refractivity contribution in [3.63, 3.8) is 0 Å². The highest BCUT2D eigenvalue weighted by Crippen LogP contribution is 2.43. The van der Waals surface area contributed by atoms with Crippen molar-refractivity contribution >= 4 is 33.0 Å². The largest absolute Gasteiger partial charge is 0.494 e. The average Bonchev–Trinajstić information content (AvgIpc) is 3.18. The van der Waals surface area contributed by atoms with E-state index in [1.165, 1.54) is 0 Å². The number of aromatic hydroxyl groups is 1. The normalized spacial score (nSPS) is 15.5. The lowest BCUT2D eigenvalue weighted by atomic mass is 10.00. The van der Waals surface area contributed by atoms with E-state index in [1.807, 2.05) is 18.2 Å². The maximum Gasteiger partial charge on any atom is 0.307 e. The van der Waals surface area contributed by atoms with Gasteiger partial charge in [-0.25, -0.2) is 4.85 Å². The molecule has 5 nitrogen and oxygen atoms in total. The van der Waals surface area contributed by atoms with Crippen LogP contribution in [0.1, 0.15) is 28.3 Å². The van der Waals surface area contributed by atoms with Gasteiger partial charge in [0.1, 0.15) is 11.5 Å². The summed E-state index contributed by atoms with van der Waals surface area (Å²) in [5.74, 6) is 1.37. The Labute approximate surface area is 161 Å². The van der Waals surface area contributed by atoms with Crippen LogP contribution in [-0.4, -0.2) is 10.1 Å². The number of aromatic amines is 1. The van der Waals surface area contributed by atoms with E-state index in [-0.39, 0.29) is 16.7 Å². The quantitative estimate of drug-likeness (QED) is 0.554. The van der Waals surface area contributed by atoms with Crippen LogP contribution in [0.2, 0.25) is 0 Å². The van der Waals surface area contributed by atoms with E-state index in [9.17, 15) is 9.90 Å². The Hall–Kier alpha value is -2.56. The summed E-state index contributed by atoms with van der Waals surface area (Å²) in [7, 11) is 0. The Bertz CT molecular complexity index is 1100. The summed E-state index contributed by atoms with van der Waals surface area (Å²) in [6, 6.07) is 11.1. The van der Waals surface area contributed by atoms with Gasteiger partial charge >= 0.3 is 4.87 Å². The highest BCUT2D eigenvalue weighted by Gasteiger charge is 2.28. The van der Waals surface area contributed by atoms with Crippen molar-refractivity contribution in [1.29, 1.82) is 0 Å². The number of aryl methyl sites for hydroxylation is 1. The second-order valence-corrected chi connectivity index (χ2v) is 7.88. The van der Waals surface area contributed by atoms with E-state index in [0.717, 1.165) is 39.8 Å². The summed E-state index contributed by atoms with van der Waals surface area (Å²) in [6.07, 6.45) is 1.71. The number of thiazole rings is 1. The molecule has 1 aromatic heterocycles. The molecule has 0 saturated heterocycles. The predicted molar refractivity (Wildman–Crippen MR) is 104 cm³/mol. The fourth-order valence-electron chi connectivity index (χ4n) is 3.27. The Morgan fingerprint density at radius 2 is 2.15 bits per heavy atom. The number of benzene rings is 2. The van der Waals surface area contributed by atoms with Gasteiger partial charge in [-0.1, -0.05) is 23.5 Å². The highest BCUT2D eigenvalue weighted by molar-refractivity contribution is 9.10. The second-order valence-electron chi connectivity index (χ2n) is 6.01. The number of nitrogens with zero attached hydrogens (tertiary/aromatic N) is 1. The molecular weight excluding hydrogens is 416 g/mol. The minimum Gasteiger partial charge on any atom is -0.494 e. The second kappa shape index (κ2) is 6.63.